The first-order valence-corrected chi connectivity index (χ1v) is 15.7. The summed E-state index contributed by atoms with van der Waals surface area (Å²) in [6, 6.07) is 8.04. The van der Waals surface area contributed by atoms with Gasteiger partial charge in [0.05, 0.1) is 36.7 Å². The second-order valence-corrected chi connectivity index (χ2v) is 11.9. The Balaban J connectivity index is 2.09. The van der Waals surface area contributed by atoms with Crippen LogP contribution in [0.4, 0.5) is 0 Å². The first-order chi connectivity index (χ1) is 20.1. The number of amides is 3. The molecule has 1 fully saturated rings. The van der Waals surface area contributed by atoms with Crippen molar-refractivity contribution in [3.8, 4) is 0 Å². The topological polar surface area (TPSA) is 117 Å². The molecule has 0 aromatic heterocycles. The molecule has 2 rings (SSSR count). The number of hydrogen-bond acceptors (Lipinski definition) is 6. The normalized spacial score (nSPS) is 20.2. The number of methoxy groups -OCH3 is 2. The van der Waals surface area contributed by atoms with Gasteiger partial charge in [0.25, 0.3) is 0 Å². The molecule has 0 radical (unpaired) electrons. The van der Waals surface area contributed by atoms with Crippen LogP contribution in [-0.2, 0) is 30.4 Å². The van der Waals surface area contributed by atoms with Crippen molar-refractivity contribution in [1.29, 1.82) is 0 Å². The highest BCUT2D eigenvalue weighted by Crippen LogP contribution is 2.31. The van der Waals surface area contributed by atoms with Crippen LogP contribution in [0.15, 0.2) is 30.3 Å². The van der Waals surface area contributed by atoms with E-state index in [0.29, 0.717) is 24.8 Å². The molecule has 42 heavy (non-hydrogen) atoms. The lowest BCUT2D eigenvalue weighted by molar-refractivity contribution is -0.143. The predicted molar refractivity (Wildman–Crippen MR) is 164 cm³/mol. The van der Waals surface area contributed by atoms with Crippen molar-refractivity contribution in [3.05, 3.63) is 35.9 Å². The van der Waals surface area contributed by atoms with Crippen LogP contribution in [0.25, 0.3) is 0 Å². The largest absolute Gasteiger partial charge is 0.391 e. The number of benzene rings is 1. The molecule has 238 valence electrons. The average Bonchev–Trinajstić information content (AvgIpc) is 3.48. The zero-order chi connectivity index (χ0) is 31.2. The van der Waals surface area contributed by atoms with E-state index in [1.165, 1.54) is 6.92 Å². The number of unbranched alkanes of at least 4 members (excludes halogenated alkanes) is 1. The molecule has 3 N–H and O–H groups in total. The molecule has 1 aromatic carbocycles. The van der Waals surface area contributed by atoms with Gasteiger partial charge in [-0.25, -0.2) is 0 Å². The highest BCUT2D eigenvalue weighted by molar-refractivity contribution is 5.89. The Morgan fingerprint density at radius 3 is 2.31 bits per heavy atom. The zero-order valence-electron chi connectivity index (χ0n) is 26.8. The monoisotopic (exact) mass is 589 g/mol. The Kier molecular flexibility index (Phi) is 15.5. The maximum atomic E-state index is 13.7. The number of rotatable bonds is 18. The molecule has 8 atom stereocenters. The number of ether oxygens (including phenoxy) is 2. The van der Waals surface area contributed by atoms with Gasteiger partial charge in [-0.15, -0.1) is 0 Å². The van der Waals surface area contributed by atoms with Crippen LogP contribution in [-0.4, -0.2) is 78.9 Å². The summed E-state index contributed by atoms with van der Waals surface area (Å²) in [7, 11) is 3.25. The molecule has 1 aliphatic heterocycles. The molecule has 1 heterocycles. The van der Waals surface area contributed by atoms with E-state index in [0.717, 1.165) is 44.1 Å². The van der Waals surface area contributed by atoms with Gasteiger partial charge in [-0.1, -0.05) is 77.3 Å². The summed E-state index contributed by atoms with van der Waals surface area (Å²) in [5, 5.41) is 15.8. The predicted octanol–water partition coefficient (Wildman–Crippen LogP) is 4.07. The van der Waals surface area contributed by atoms with Gasteiger partial charge in [0, 0.05) is 27.3 Å². The highest BCUT2D eigenvalue weighted by Gasteiger charge is 2.41. The van der Waals surface area contributed by atoms with Crippen LogP contribution >= 0.6 is 0 Å². The van der Waals surface area contributed by atoms with Crippen LogP contribution in [0.2, 0.25) is 0 Å². The molecular formula is C33H55N3O6. The molecular weight excluding hydrogens is 534 g/mol. The zero-order valence-corrected chi connectivity index (χ0v) is 26.8. The van der Waals surface area contributed by atoms with Crippen LogP contribution in [0, 0.1) is 17.8 Å². The Bertz CT molecular complexity index is 958. The van der Waals surface area contributed by atoms with Crippen molar-refractivity contribution in [1.82, 2.24) is 15.5 Å². The van der Waals surface area contributed by atoms with Crippen LogP contribution in [0.1, 0.15) is 85.1 Å². The number of nitrogens with zero attached hydrogens (tertiary/aromatic N) is 1. The fraction of sp³-hybridized carbons (Fsp3) is 0.727. The average molecular weight is 590 g/mol. The summed E-state index contributed by atoms with van der Waals surface area (Å²) in [5.41, 5.74) is 0.914. The lowest BCUT2D eigenvalue weighted by Gasteiger charge is -2.36. The molecule has 9 heteroatoms. The number of aliphatic hydroxyl groups is 1. The summed E-state index contributed by atoms with van der Waals surface area (Å²) in [6.07, 6.45) is 4.29. The van der Waals surface area contributed by atoms with Gasteiger partial charge < -0.3 is 30.1 Å². The quantitative estimate of drug-likeness (QED) is 0.238. The first kappa shape index (κ1) is 35.7. The Hall–Kier alpha value is -2.49. The molecule has 9 nitrogen and oxygen atoms in total. The molecule has 0 aliphatic carbocycles. The van der Waals surface area contributed by atoms with E-state index < -0.39 is 36.0 Å². The minimum atomic E-state index is -1.12. The van der Waals surface area contributed by atoms with Crippen molar-refractivity contribution >= 4 is 17.7 Å². The third-order valence-corrected chi connectivity index (χ3v) is 8.97. The van der Waals surface area contributed by atoms with Crippen molar-refractivity contribution in [2.24, 2.45) is 17.8 Å². The Morgan fingerprint density at radius 2 is 1.74 bits per heavy atom. The van der Waals surface area contributed by atoms with Gasteiger partial charge in [-0.2, -0.15) is 0 Å². The van der Waals surface area contributed by atoms with Crippen LogP contribution < -0.4 is 10.6 Å². The summed E-state index contributed by atoms with van der Waals surface area (Å²) < 4.78 is 11.7. The maximum absolute atomic E-state index is 13.7. The van der Waals surface area contributed by atoms with Gasteiger partial charge in [0.2, 0.25) is 17.7 Å². The minimum Gasteiger partial charge on any atom is -0.391 e. The van der Waals surface area contributed by atoms with Gasteiger partial charge >= 0.3 is 0 Å². The fourth-order valence-corrected chi connectivity index (χ4v) is 6.15. The van der Waals surface area contributed by atoms with Gasteiger partial charge in [-0.05, 0) is 43.6 Å². The third kappa shape index (κ3) is 10.1. The standard InChI is InChI=1S/C33H55N3O6/c1-8-10-17-26(22(3)9-2)28(41-6)20-29(38)36-19-14-18-27(36)31(42-7)23(4)32(39)35-30(24(5)37)33(40)34-21-25-15-12-11-13-16-25/h11-13,15-16,22-24,26-28,30-31,37H,8-10,14,17-21H2,1-7H3,(H,34,40)(H,35,39)/t22-,23+,24+,26-,27-,28+,30-,31+/m0/s1. The minimum absolute atomic E-state index is 0.0194. The molecule has 0 bridgehead atoms. The lowest BCUT2D eigenvalue weighted by Crippen LogP contribution is -2.56. The summed E-state index contributed by atoms with van der Waals surface area (Å²) in [5.74, 6) is -0.763. The molecule has 0 saturated carbocycles. The van der Waals surface area contributed by atoms with E-state index >= 15 is 0 Å². The number of carbonyl (C=O) groups is 3. The molecule has 1 aliphatic rings. The van der Waals surface area contributed by atoms with Crippen molar-refractivity contribution < 1.29 is 29.0 Å². The van der Waals surface area contributed by atoms with Gasteiger partial charge in [0.15, 0.2) is 0 Å². The third-order valence-electron chi connectivity index (χ3n) is 8.97. The summed E-state index contributed by atoms with van der Waals surface area (Å²) >= 11 is 0. The summed E-state index contributed by atoms with van der Waals surface area (Å²) in [4.78, 5) is 41.8. The van der Waals surface area contributed by atoms with E-state index in [-0.39, 0.29) is 24.6 Å². The number of hydrogen-bond donors (Lipinski definition) is 3. The van der Waals surface area contributed by atoms with Crippen LogP contribution in [0.5, 0.6) is 0 Å². The fourth-order valence-electron chi connectivity index (χ4n) is 6.15. The van der Waals surface area contributed by atoms with Crippen LogP contribution in [0.3, 0.4) is 0 Å². The lowest BCUT2D eigenvalue weighted by atomic mass is 9.81. The Labute approximate surface area is 253 Å². The molecule has 1 aromatic rings. The number of aliphatic hydroxyl groups excluding tert-OH is 1. The SMILES string of the molecule is CCCC[C@@H]([C@@H](C)CC)[C@@H](CC(=O)N1CCC[C@H]1[C@H](OC)[C@@H](C)C(=O)N[C@H](C(=O)NCc1ccccc1)[C@@H](C)O)OC. The smallest absolute Gasteiger partial charge is 0.245 e. The number of likely N-dealkylation sites (tertiary alicyclic amines) is 1. The maximum Gasteiger partial charge on any atom is 0.245 e. The van der Waals surface area contributed by atoms with E-state index in [4.69, 9.17) is 9.47 Å². The first-order valence-electron chi connectivity index (χ1n) is 15.7. The van der Waals surface area contributed by atoms with Gasteiger partial charge in [0.1, 0.15) is 6.04 Å². The second-order valence-electron chi connectivity index (χ2n) is 11.9. The van der Waals surface area contributed by atoms with E-state index in [1.807, 2.05) is 35.2 Å². The highest BCUT2D eigenvalue weighted by atomic mass is 16.5. The van der Waals surface area contributed by atoms with E-state index in [1.54, 1.807) is 21.1 Å². The van der Waals surface area contributed by atoms with E-state index in [9.17, 15) is 19.5 Å². The van der Waals surface area contributed by atoms with Crippen molar-refractivity contribution in [2.75, 3.05) is 20.8 Å². The Morgan fingerprint density at radius 1 is 1.05 bits per heavy atom. The second kappa shape index (κ2) is 18.2. The van der Waals surface area contributed by atoms with Crippen molar-refractivity contribution in [3.63, 3.8) is 0 Å². The summed E-state index contributed by atoms with van der Waals surface area (Å²) in [6.45, 7) is 10.7. The van der Waals surface area contributed by atoms with Crippen molar-refractivity contribution in [2.45, 2.75) is 117 Å². The number of nitrogens with one attached hydrogen (secondary N) is 2. The molecule has 3 amide bonds. The molecule has 0 unspecified atom stereocenters. The molecule has 1 saturated heterocycles. The number of carbonyl (C=O) groups excluding carboxylic acids is 3. The molecule has 0 spiro atoms. The van der Waals surface area contributed by atoms with E-state index in [2.05, 4.69) is 31.4 Å². The van der Waals surface area contributed by atoms with Gasteiger partial charge in [-0.3, -0.25) is 14.4 Å².